The first-order valence-corrected chi connectivity index (χ1v) is 3.21. The van der Waals surface area contributed by atoms with Crippen LogP contribution in [0.2, 0.25) is 0 Å². The Hall–Kier alpha value is -1.57. The second-order valence-corrected chi connectivity index (χ2v) is 2.22. The van der Waals surface area contributed by atoms with E-state index in [2.05, 4.69) is 10.3 Å². The maximum absolute atomic E-state index is 12.7. The molecule has 0 amide bonds. The summed E-state index contributed by atoms with van der Waals surface area (Å²) in [5.74, 6) is -1.42. The number of hydrogen-bond donors (Lipinski definition) is 2. The topological polar surface area (TPSA) is 94.0 Å². The van der Waals surface area contributed by atoms with Crippen LogP contribution in [-0.4, -0.2) is 32.6 Å². The third-order valence-corrected chi connectivity index (χ3v) is 1.29. The quantitative estimate of drug-likeness (QED) is 0.672. The summed E-state index contributed by atoms with van der Waals surface area (Å²) in [7, 11) is 0. The molecule has 0 spiro atoms. The number of carboxylic acids is 1. The number of rotatable bonds is 3. The summed E-state index contributed by atoms with van der Waals surface area (Å²) >= 11 is 0. The number of hydrogen-bond acceptors (Lipinski definition) is 4. The monoisotopic (exact) mass is 192 g/mol. The smallest absolute Gasteiger partial charge is 0.358 e. The molecule has 0 fully saturated rings. The highest BCUT2D eigenvalue weighted by Gasteiger charge is 2.31. The summed E-state index contributed by atoms with van der Waals surface area (Å²) in [5.41, 5.74) is 4.19. The minimum Gasteiger partial charge on any atom is -0.476 e. The molecule has 0 saturated heterocycles. The highest BCUT2D eigenvalue weighted by Crippen LogP contribution is 2.16. The summed E-state index contributed by atoms with van der Waals surface area (Å²) < 4.78 is 25.5. The Morgan fingerprint density at radius 1 is 1.77 bits per heavy atom. The first-order valence-electron chi connectivity index (χ1n) is 3.21. The second kappa shape index (κ2) is 3.05. The van der Waals surface area contributed by atoms with E-state index in [4.69, 9.17) is 10.8 Å². The summed E-state index contributed by atoms with van der Waals surface area (Å²) in [6.07, 6.45) is 0.620. The van der Waals surface area contributed by atoms with Gasteiger partial charge in [-0.05, 0) is 0 Å². The summed E-state index contributed by atoms with van der Waals surface area (Å²) in [5, 5.41) is 14.3. The first-order chi connectivity index (χ1) is 5.97. The highest BCUT2D eigenvalue weighted by molar-refractivity contribution is 5.84. The van der Waals surface area contributed by atoms with Crippen molar-refractivity contribution in [2.75, 3.05) is 6.54 Å². The molecule has 0 atom stereocenters. The average Bonchev–Trinajstić information content (AvgIpc) is 2.52. The lowest BCUT2D eigenvalue weighted by atomic mass is 10.5. The van der Waals surface area contributed by atoms with Gasteiger partial charge in [0.1, 0.15) is 0 Å². The van der Waals surface area contributed by atoms with Crippen molar-refractivity contribution in [3.8, 4) is 0 Å². The van der Waals surface area contributed by atoms with E-state index in [1.54, 1.807) is 0 Å². The number of carboxylic acid groups (broad SMARTS) is 1. The van der Waals surface area contributed by atoms with Crippen molar-refractivity contribution in [2.45, 2.75) is 6.05 Å². The first kappa shape index (κ1) is 9.52. The normalized spacial score (nSPS) is 11.6. The minimum absolute atomic E-state index is 0.121. The molecule has 0 unspecified atom stereocenters. The zero-order valence-corrected chi connectivity index (χ0v) is 6.31. The molecule has 1 aromatic rings. The Balaban J connectivity index is 2.98. The fraction of sp³-hybridized carbons (Fsp3) is 0.400. The zero-order chi connectivity index (χ0) is 10.1. The molecule has 13 heavy (non-hydrogen) atoms. The number of aromatic nitrogens is 3. The third kappa shape index (κ3) is 1.78. The molecule has 0 bridgehead atoms. The number of nitrogens with zero attached hydrogens (tertiary/aromatic N) is 3. The molecule has 0 aliphatic rings. The van der Waals surface area contributed by atoms with Gasteiger partial charge in [-0.1, -0.05) is 5.21 Å². The van der Waals surface area contributed by atoms with E-state index in [-0.39, 0.29) is 4.68 Å². The molecule has 3 N–H and O–H groups in total. The molecular weight excluding hydrogens is 186 g/mol. The lowest BCUT2D eigenvalue weighted by Gasteiger charge is -2.11. The summed E-state index contributed by atoms with van der Waals surface area (Å²) in [6.45, 7) is -0.963. The molecule has 0 aliphatic heterocycles. The van der Waals surface area contributed by atoms with Gasteiger partial charge in [-0.3, -0.25) is 0 Å². The fourth-order valence-electron chi connectivity index (χ4n) is 0.615. The van der Waals surface area contributed by atoms with Crippen LogP contribution >= 0.6 is 0 Å². The predicted molar refractivity (Wildman–Crippen MR) is 36.2 cm³/mol. The van der Waals surface area contributed by atoms with Crippen LogP contribution in [0.4, 0.5) is 8.78 Å². The standard InChI is InChI=1S/C5H6F2N4O2/c6-5(7,2-8)11-1-3(4(12)13)9-10-11/h1H,2,8H2,(H,12,13). The Kier molecular flexibility index (Phi) is 2.24. The fourth-order valence-corrected chi connectivity index (χ4v) is 0.615. The van der Waals surface area contributed by atoms with E-state index in [1.165, 1.54) is 0 Å². The number of aromatic carboxylic acids is 1. The van der Waals surface area contributed by atoms with Gasteiger partial charge in [0.2, 0.25) is 0 Å². The molecule has 0 saturated carbocycles. The lowest BCUT2D eigenvalue weighted by molar-refractivity contribution is -0.0833. The second-order valence-electron chi connectivity index (χ2n) is 2.22. The average molecular weight is 192 g/mol. The highest BCUT2D eigenvalue weighted by atomic mass is 19.3. The Morgan fingerprint density at radius 3 is 2.77 bits per heavy atom. The van der Waals surface area contributed by atoms with Gasteiger partial charge in [-0.2, -0.15) is 13.5 Å². The predicted octanol–water partition coefficient (Wildman–Crippen LogP) is -0.516. The number of halogens is 2. The zero-order valence-electron chi connectivity index (χ0n) is 6.31. The van der Waals surface area contributed by atoms with Gasteiger partial charge in [0, 0.05) is 0 Å². The SMILES string of the molecule is NCC(F)(F)n1cc(C(=O)O)nn1. The third-order valence-electron chi connectivity index (χ3n) is 1.29. The van der Waals surface area contributed by atoms with Gasteiger partial charge in [-0.25, -0.2) is 4.79 Å². The van der Waals surface area contributed by atoms with Gasteiger partial charge in [0.25, 0.3) is 0 Å². The number of alkyl halides is 2. The van der Waals surface area contributed by atoms with E-state index >= 15 is 0 Å². The molecule has 1 heterocycles. The summed E-state index contributed by atoms with van der Waals surface area (Å²) in [4.78, 5) is 10.2. The van der Waals surface area contributed by atoms with Gasteiger partial charge < -0.3 is 10.8 Å². The van der Waals surface area contributed by atoms with Crippen molar-refractivity contribution in [1.29, 1.82) is 0 Å². The van der Waals surface area contributed by atoms with E-state index in [9.17, 15) is 13.6 Å². The number of carbonyl (C=O) groups is 1. The molecular formula is C5H6F2N4O2. The van der Waals surface area contributed by atoms with Crippen molar-refractivity contribution < 1.29 is 18.7 Å². The lowest BCUT2D eigenvalue weighted by Crippen LogP contribution is -2.32. The van der Waals surface area contributed by atoms with Crippen molar-refractivity contribution in [3.63, 3.8) is 0 Å². The molecule has 1 aromatic heterocycles. The molecule has 1 rings (SSSR count). The van der Waals surface area contributed by atoms with Crippen molar-refractivity contribution in [1.82, 2.24) is 15.0 Å². The largest absolute Gasteiger partial charge is 0.476 e. The Bertz CT molecular complexity index is 324. The molecule has 0 radical (unpaired) electrons. The van der Waals surface area contributed by atoms with E-state index in [1.807, 2.05) is 0 Å². The Labute approximate surface area is 70.9 Å². The molecule has 0 aromatic carbocycles. The maximum atomic E-state index is 12.7. The molecule has 8 heteroatoms. The van der Waals surface area contributed by atoms with Crippen LogP contribution in [0.5, 0.6) is 0 Å². The van der Waals surface area contributed by atoms with Crippen LogP contribution in [0.15, 0.2) is 6.20 Å². The minimum atomic E-state index is -3.40. The van der Waals surface area contributed by atoms with E-state index in [0.29, 0.717) is 6.20 Å². The Morgan fingerprint density at radius 2 is 2.38 bits per heavy atom. The summed E-state index contributed by atoms with van der Waals surface area (Å²) in [6, 6.07) is -3.40. The van der Waals surface area contributed by atoms with Gasteiger partial charge in [0.05, 0.1) is 12.7 Å². The van der Waals surface area contributed by atoms with Crippen LogP contribution in [-0.2, 0) is 6.05 Å². The van der Waals surface area contributed by atoms with Crippen molar-refractivity contribution in [3.05, 3.63) is 11.9 Å². The number of nitrogens with two attached hydrogens (primary N) is 1. The van der Waals surface area contributed by atoms with E-state index < -0.39 is 24.3 Å². The van der Waals surface area contributed by atoms with E-state index in [0.717, 1.165) is 0 Å². The van der Waals surface area contributed by atoms with Crippen LogP contribution in [0.1, 0.15) is 10.5 Å². The van der Waals surface area contributed by atoms with Gasteiger partial charge >= 0.3 is 12.0 Å². The van der Waals surface area contributed by atoms with Crippen LogP contribution in [0.25, 0.3) is 0 Å². The maximum Gasteiger partial charge on any atom is 0.358 e. The van der Waals surface area contributed by atoms with Crippen molar-refractivity contribution >= 4 is 5.97 Å². The van der Waals surface area contributed by atoms with Crippen LogP contribution in [0, 0.1) is 0 Å². The molecule has 0 aliphatic carbocycles. The van der Waals surface area contributed by atoms with Gasteiger partial charge in [0.15, 0.2) is 5.69 Å². The van der Waals surface area contributed by atoms with Crippen molar-refractivity contribution in [2.24, 2.45) is 5.73 Å². The van der Waals surface area contributed by atoms with Crippen LogP contribution < -0.4 is 5.73 Å². The molecule has 72 valence electrons. The molecule has 6 nitrogen and oxygen atoms in total. The van der Waals surface area contributed by atoms with Crippen LogP contribution in [0.3, 0.4) is 0 Å². The van der Waals surface area contributed by atoms with Gasteiger partial charge in [-0.15, -0.1) is 5.10 Å².